The van der Waals surface area contributed by atoms with Gasteiger partial charge in [0.2, 0.25) is 17.5 Å². The van der Waals surface area contributed by atoms with Crippen LogP contribution in [0.3, 0.4) is 0 Å². The van der Waals surface area contributed by atoms with Gasteiger partial charge in [-0.3, -0.25) is 24.9 Å². The zero-order valence-electron chi connectivity index (χ0n) is 31.5. The number of H-pyrrole nitrogens is 3. The molecule has 22 heteroatoms. The van der Waals surface area contributed by atoms with E-state index in [-0.39, 0.29) is 53.1 Å². The lowest BCUT2D eigenvalue weighted by atomic mass is 10.2. The fourth-order valence-corrected chi connectivity index (χ4v) is 5.28. The van der Waals surface area contributed by atoms with Crippen molar-refractivity contribution in [3.63, 3.8) is 0 Å². The van der Waals surface area contributed by atoms with Crippen LogP contribution in [-0.2, 0) is 9.47 Å². The third-order valence-corrected chi connectivity index (χ3v) is 7.64. The molecule has 1 aliphatic carbocycles. The lowest BCUT2D eigenvalue weighted by molar-refractivity contribution is 0.0493. The van der Waals surface area contributed by atoms with E-state index in [0.29, 0.717) is 38.6 Å². The molecule has 0 radical (unpaired) electrons. The van der Waals surface area contributed by atoms with E-state index in [0.717, 1.165) is 25.6 Å². The fourth-order valence-electron chi connectivity index (χ4n) is 5.28. The van der Waals surface area contributed by atoms with E-state index in [1.54, 1.807) is 30.6 Å². The van der Waals surface area contributed by atoms with Gasteiger partial charge in [0.05, 0.1) is 6.04 Å². The molecule has 298 valence electrons. The van der Waals surface area contributed by atoms with Crippen molar-refractivity contribution in [1.29, 1.82) is 0 Å². The predicted octanol–water partition coefficient (Wildman–Crippen LogP) is 1.48. The van der Waals surface area contributed by atoms with Crippen LogP contribution in [0.2, 0.25) is 0 Å². The number of aromatic nitrogens is 9. The summed E-state index contributed by atoms with van der Waals surface area (Å²) in [6, 6.07) is 0.346. The van der Waals surface area contributed by atoms with E-state index in [9.17, 15) is 24.0 Å². The Balaban J connectivity index is 0.000000203. The largest absolute Gasteiger partial charge is 0.475 e. The number of carboxylic acid groups (broad SMARTS) is 1. The topological polar surface area (TPSA) is 305 Å². The lowest BCUT2D eigenvalue weighted by Crippen LogP contribution is -2.41. The van der Waals surface area contributed by atoms with Gasteiger partial charge in [-0.05, 0) is 67.2 Å². The van der Waals surface area contributed by atoms with Gasteiger partial charge in [-0.1, -0.05) is 12.8 Å². The second kappa shape index (κ2) is 20.0. The minimum atomic E-state index is -1.09. The lowest BCUT2D eigenvalue weighted by Gasteiger charge is -2.21. The second-order valence-corrected chi connectivity index (χ2v) is 14.6. The first kappa shape index (κ1) is 42.7. The summed E-state index contributed by atoms with van der Waals surface area (Å²) in [5.41, 5.74) is 4.76. The minimum absolute atomic E-state index is 0.100. The number of carbonyl (C=O) groups excluding carboxylic acids is 4. The van der Waals surface area contributed by atoms with Crippen LogP contribution in [0.5, 0.6) is 0 Å². The average molecular weight is 761 g/mol. The van der Waals surface area contributed by atoms with Crippen LogP contribution in [0.25, 0.3) is 0 Å². The van der Waals surface area contributed by atoms with Crippen LogP contribution in [0.1, 0.15) is 112 Å². The molecule has 3 aromatic heterocycles. The zero-order valence-corrected chi connectivity index (χ0v) is 31.5. The van der Waals surface area contributed by atoms with E-state index in [1.807, 2.05) is 20.8 Å². The molecule has 1 saturated carbocycles. The first-order chi connectivity index (χ1) is 25.4. The van der Waals surface area contributed by atoms with Gasteiger partial charge in [0.1, 0.15) is 30.2 Å². The van der Waals surface area contributed by atoms with Crippen molar-refractivity contribution in [3.05, 3.63) is 36.5 Å². The number of hydrogen-bond acceptors (Lipinski definition) is 14. The van der Waals surface area contributed by atoms with Crippen LogP contribution in [0.4, 0.5) is 9.59 Å². The van der Waals surface area contributed by atoms with Gasteiger partial charge in [0.25, 0.3) is 11.8 Å². The summed E-state index contributed by atoms with van der Waals surface area (Å²) in [7, 11) is 0. The number of hydrogen-bond donors (Lipinski definition) is 7. The highest BCUT2D eigenvalue weighted by Crippen LogP contribution is 2.18. The molecule has 2 saturated heterocycles. The van der Waals surface area contributed by atoms with Gasteiger partial charge in [-0.15, -0.1) is 0 Å². The van der Waals surface area contributed by atoms with Crippen molar-refractivity contribution in [2.45, 2.75) is 109 Å². The highest BCUT2D eigenvalue weighted by Gasteiger charge is 2.30. The number of rotatable bonds is 5. The Labute approximate surface area is 312 Å². The Hall–Kier alpha value is -5.67. The summed E-state index contributed by atoms with van der Waals surface area (Å²) in [4.78, 5) is 70.7. The van der Waals surface area contributed by atoms with E-state index in [4.69, 9.17) is 20.3 Å². The molecule has 2 unspecified atom stereocenters. The molecule has 5 heterocycles. The van der Waals surface area contributed by atoms with Gasteiger partial charge in [0, 0.05) is 38.3 Å². The molecule has 8 N–H and O–H groups in total. The SMILES string of the molecule is CC(C)(C)OC(=O)NC1CCCC1.CC(C)(C)OC(=O)NC1CCN(C(=O)c2ncn[nH]2)C1.NC1CCN(C(=O)c2ncn[nH]2)C1.O=C(O)c1ncn[nH]1. The number of likely N-dealkylation sites (tertiary alicyclic amines) is 2. The number of carboxylic acids is 1. The predicted molar refractivity (Wildman–Crippen MR) is 190 cm³/mol. The maximum atomic E-state index is 12.0. The number of alkyl carbamates (subject to hydrolysis) is 2. The Morgan fingerprint density at radius 3 is 1.48 bits per heavy atom. The number of nitrogens with one attached hydrogen (secondary N) is 5. The molecule has 3 aromatic rings. The molecule has 0 aromatic carbocycles. The molecule has 6 rings (SSSR count). The zero-order chi connectivity index (χ0) is 39.9. The van der Waals surface area contributed by atoms with Gasteiger partial charge in [-0.25, -0.2) is 29.3 Å². The number of amides is 4. The van der Waals surface area contributed by atoms with Crippen molar-refractivity contribution >= 4 is 30.0 Å². The standard InChI is InChI=1S/C12H19N5O3.C10H19NO2.C7H11N5O.C3H3N3O2/c1-12(2,3)20-11(19)15-8-4-5-17(6-8)10(18)9-13-7-14-16-9;1-10(2,3)13-9(12)11-8-6-4-5-7-8;8-5-1-2-12(3-5)7(13)6-9-4-10-11-6;7-3(8)2-4-1-5-6-2/h7-8H,4-6H2,1-3H3,(H,15,19)(H,13,14,16);8H,4-7H2,1-3H3,(H,11,12);4-5H,1-3,8H2,(H,9,10,11);1H,(H,7,8)(H,4,5,6). The van der Waals surface area contributed by atoms with Gasteiger partial charge in [-0.2, -0.15) is 15.3 Å². The molecule has 3 aliphatic rings. The normalized spacial score (nSPS) is 18.2. The van der Waals surface area contributed by atoms with E-state index >= 15 is 0 Å². The van der Waals surface area contributed by atoms with Gasteiger partial charge in [0.15, 0.2) is 0 Å². The first-order valence-electron chi connectivity index (χ1n) is 17.5. The van der Waals surface area contributed by atoms with Crippen molar-refractivity contribution in [2.75, 3.05) is 26.2 Å². The molecule has 2 atom stereocenters. The molecule has 3 fully saturated rings. The summed E-state index contributed by atoms with van der Waals surface area (Å²) < 4.78 is 10.3. The number of aromatic amines is 3. The number of nitrogens with zero attached hydrogens (tertiary/aromatic N) is 8. The van der Waals surface area contributed by atoms with Crippen molar-refractivity contribution in [1.82, 2.24) is 66.0 Å². The maximum Gasteiger partial charge on any atom is 0.407 e. The molecule has 4 amide bonds. The number of aromatic carboxylic acids is 1. The van der Waals surface area contributed by atoms with Crippen molar-refractivity contribution in [3.8, 4) is 0 Å². The van der Waals surface area contributed by atoms with Crippen molar-refractivity contribution < 1.29 is 38.6 Å². The summed E-state index contributed by atoms with van der Waals surface area (Å²) in [5.74, 6) is -1.06. The van der Waals surface area contributed by atoms with Crippen LogP contribution in [0, 0.1) is 0 Å². The van der Waals surface area contributed by atoms with Crippen LogP contribution < -0.4 is 16.4 Å². The van der Waals surface area contributed by atoms with Gasteiger partial charge >= 0.3 is 18.2 Å². The smallest absolute Gasteiger partial charge is 0.407 e. The maximum absolute atomic E-state index is 12.0. The Morgan fingerprint density at radius 2 is 1.11 bits per heavy atom. The minimum Gasteiger partial charge on any atom is -0.475 e. The highest BCUT2D eigenvalue weighted by molar-refractivity contribution is 5.91. The summed E-state index contributed by atoms with van der Waals surface area (Å²) in [6.07, 6.45) is 9.21. The quantitative estimate of drug-likeness (QED) is 0.194. The third-order valence-electron chi connectivity index (χ3n) is 7.64. The molecule has 2 aliphatic heterocycles. The number of nitrogens with two attached hydrogens (primary N) is 1. The summed E-state index contributed by atoms with van der Waals surface area (Å²) in [5, 5.41) is 31.6. The second-order valence-electron chi connectivity index (χ2n) is 14.6. The van der Waals surface area contributed by atoms with Crippen LogP contribution in [0.15, 0.2) is 19.0 Å². The Kier molecular flexibility index (Phi) is 15.8. The monoisotopic (exact) mass is 760 g/mol. The van der Waals surface area contributed by atoms with Crippen LogP contribution >= 0.6 is 0 Å². The first-order valence-corrected chi connectivity index (χ1v) is 17.5. The average Bonchev–Trinajstić information content (AvgIpc) is 3.93. The molecule has 54 heavy (non-hydrogen) atoms. The molecular formula is C32H52N14O8. The number of ether oxygens (including phenoxy) is 2. The highest BCUT2D eigenvalue weighted by atomic mass is 16.6. The fraction of sp³-hybridized carbons (Fsp3) is 0.656. The van der Waals surface area contributed by atoms with E-state index < -0.39 is 17.7 Å². The Morgan fingerprint density at radius 1 is 0.685 bits per heavy atom. The molecule has 22 nitrogen and oxygen atoms in total. The van der Waals surface area contributed by atoms with E-state index in [2.05, 4.69) is 56.2 Å². The summed E-state index contributed by atoms with van der Waals surface area (Å²) >= 11 is 0. The third kappa shape index (κ3) is 15.5. The molecule has 0 spiro atoms. The van der Waals surface area contributed by atoms with Crippen molar-refractivity contribution in [2.24, 2.45) is 5.73 Å². The van der Waals surface area contributed by atoms with Crippen LogP contribution in [-0.4, -0.2) is 146 Å². The molecule has 0 bridgehead atoms. The van der Waals surface area contributed by atoms with Gasteiger partial charge < -0.3 is 40.7 Å². The summed E-state index contributed by atoms with van der Waals surface area (Å²) in [6.45, 7) is 13.4. The Bertz CT molecular complexity index is 1600. The molecular weight excluding hydrogens is 708 g/mol. The number of carbonyl (C=O) groups is 5. The van der Waals surface area contributed by atoms with E-state index in [1.165, 1.54) is 25.5 Å².